The molecule has 32 heavy (non-hydrogen) atoms. The molecule has 4 aromatic rings. The minimum atomic E-state index is -0.163. The van der Waals surface area contributed by atoms with E-state index in [1.807, 2.05) is 36.4 Å². The van der Waals surface area contributed by atoms with Gasteiger partial charge < -0.3 is 9.64 Å². The number of morpholine rings is 1. The molecule has 1 aromatic heterocycles. The van der Waals surface area contributed by atoms with Gasteiger partial charge in [0, 0.05) is 25.3 Å². The number of hydrogen-bond acceptors (Lipinski definition) is 6. The molecule has 1 atom stereocenters. The maximum atomic E-state index is 5.48. The van der Waals surface area contributed by atoms with E-state index in [-0.39, 0.29) is 6.04 Å². The third kappa shape index (κ3) is 4.54. The van der Waals surface area contributed by atoms with Crippen molar-refractivity contribution in [2.24, 2.45) is 0 Å². The third-order valence-electron chi connectivity index (χ3n) is 5.71. The van der Waals surface area contributed by atoms with Crippen LogP contribution in [0.1, 0.15) is 23.0 Å². The van der Waals surface area contributed by atoms with E-state index in [0.717, 1.165) is 43.4 Å². The van der Waals surface area contributed by atoms with Gasteiger partial charge in [0.15, 0.2) is 5.82 Å². The SMILES string of the molecule is c1ccc(CNC(c2ccc(N3CCOCC3)cc2)c2nnnn2-c2ccccc2)cc1. The zero-order chi connectivity index (χ0) is 21.6. The van der Waals surface area contributed by atoms with Gasteiger partial charge in [-0.25, -0.2) is 0 Å². The lowest BCUT2D eigenvalue weighted by atomic mass is 10.0. The summed E-state index contributed by atoms with van der Waals surface area (Å²) in [6.07, 6.45) is 0. The Labute approximate surface area is 187 Å². The standard InChI is InChI=1S/C25H26N6O/c1-3-7-20(8-4-1)19-26-24(25-27-28-29-31(25)23-9-5-2-6-10-23)21-11-13-22(14-12-21)30-15-17-32-18-16-30/h1-14,24,26H,15-19H2. The fraction of sp³-hybridized carbons (Fsp3) is 0.240. The summed E-state index contributed by atoms with van der Waals surface area (Å²) in [6, 6.07) is 28.9. The van der Waals surface area contributed by atoms with Crippen LogP contribution in [0.3, 0.4) is 0 Å². The first kappa shape index (κ1) is 20.4. The van der Waals surface area contributed by atoms with Gasteiger partial charge >= 0.3 is 0 Å². The molecule has 0 spiro atoms. The second kappa shape index (κ2) is 9.72. The van der Waals surface area contributed by atoms with Crippen molar-refractivity contribution in [3.63, 3.8) is 0 Å². The Morgan fingerprint density at radius 1 is 0.812 bits per heavy atom. The zero-order valence-electron chi connectivity index (χ0n) is 17.8. The number of rotatable bonds is 7. The summed E-state index contributed by atoms with van der Waals surface area (Å²) >= 11 is 0. The molecule has 1 unspecified atom stereocenters. The first-order valence-electron chi connectivity index (χ1n) is 10.9. The summed E-state index contributed by atoms with van der Waals surface area (Å²) in [5.41, 5.74) is 4.47. The Balaban J connectivity index is 1.46. The van der Waals surface area contributed by atoms with Crippen LogP contribution in [0.15, 0.2) is 84.9 Å². The van der Waals surface area contributed by atoms with Crippen molar-refractivity contribution >= 4 is 5.69 Å². The van der Waals surface area contributed by atoms with Crippen LogP contribution >= 0.6 is 0 Å². The Kier molecular flexibility index (Phi) is 6.18. The van der Waals surface area contributed by atoms with Crippen molar-refractivity contribution in [3.05, 3.63) is 102 Å². The molecular weight excluding hydrogens is 400 g/mol. The highest BCUT2D eigenvalue weighted by atomic mass is 16.5. The number of para-hydroxylation sites is 1. The minimum absolute atomic E-state index is 0.163. The van der Waals surface area contributed by atoms with E-state index in [4.69, 9.17) is 4.74 Å². The van der Waals surface area contributed by atoms with Gasteiger partial charge in [-0.2, -0.15) is 4.68 Å². The maximum absolute atomic E-state index is 5.48. The molecule has 1 saturated heterocycles. The molecule has 7 heteroatoms. The molecule has 1 fully saturated rings. The van der Waals surface area contributed by atoms with E-state index in [2.05, 4.69) is 74.3 Å². The summed E-state index contributed by atoms with van der Waals surface area (Å²) in [5.74, 6) is 0.756. The lowest BCUT2D eigenvalue weighted by molar-refractivity contribution is 0.122. The fourth-order valence-corrected chi connectivity index (χ4v) is 4.00. The van der Waals surface area contributed by atoms with E-state index >= 15 is 0 Å². The highest BCUT2D eigenvalue weighted by Crippen LogP contribution is 2.25. The molecule has 2 heterocycles. The van der Waals surface area contributed by atoms with Crippen molar-refractivity contribution in [3.8, 4) is 5.69 Å². The van der Waals surface area contributed by atoms with Gasteiger partial charge in [-0.1, -0.05) is 60.7 Å². The molecule has 0 radical (unpaired) electrons. The topological polar surface area (TPSA) is 68.1 Å². The predicted octanol–water partition coefficient (Wildman–Crippen LogP) is 3.38. The maximum Gasteiger partial charge on any atom is 0.178 e. The highest BCUT2D eigenvalue weighted by molar-refractivity contribution is 5.49. The van der Waals surface area contributed by atoms with Crippen molar-refractivity contribution in [1.29, 1.82) is 0 Å². The summed E-state index contributed by atoms with van der Waals surface area (Å²) in [5, 5.41) is 16.3. The van der Waals surface area contributed by atoms with Gasteiger partial charge in [-0.3, -0.25) is 5.32 Å². The van der Waals surface area contributed by atoms with Crippen LogP contribution in [0.4, 0.5) is 5.69 Å². The van der Waals surface area contributed by atoms with Crippen LogP contribution in [0.5, 0.6) is 0 Å². The predicted molar refractivity (Wildman–Crippen MR) is 124 cm³/mol. The Morgan fingerprint density at radius 2 is 1.50 bits per heavy atom. The van der Waals surface area contributed by atoms with Gasteiger partial charge in [-0.15, -0.1) is 5.10 Å². The monoisotopic (exact) mass is 426 g/mol. The average molecular weight is 427 g/mol. The Bertz CT molecular complexity index is 1110. The van der Waals surface area contributed by atoms with Crippen LogP contribution in [-0.4, -0.2) is 46.5 Å². The fourth-order valence-electron chi connectivity index (χ4n) is 4.00. The van der Waals surface area contributed by atoms with E-state index in [9.17, 15) is 0 Å². The molecule has 0 saturated carbocycles. The molecule has 3 aromatic carbocycles. The van der Waals surface area contributed by atoms with E-state index in [1.165, 1.54) is 11.3 Å². The number of nitrogens with one attached hydrogen (secondary N) is 1. The summed E-state index contributed by atoms with van der Waals surface area (Å²) in [7, 11) is 0. The van der Waals surface area contributed by atoms with Gasteiger partial charge in [-0.05, 0) is 45.8 Å². The number of anilines is 1. The second-order valence-electron chi connectivity index (χ2n) is 7.77. The smallest absolute Gasteiger partial charge is 0.178 e. The average Bonchev–Trinajstić information content (AvgIpc) is 3.36. The van der Waals surface area contributed by atoms with Gasteiger partial charge in [0.1, 0.15) is 0 Å². The number of tetrazole rings is 1. The lowest BCUT2D eigenvalue weighted by Crippen LogP contribution is -2.36. The van der Waals surface area contributed by atoms with E-state index in [1.54, 1.807) is 4.68 Å². The first-order valence-corrected chi connectivity index (χ1v) is 10.9. The van der Waals surface area contributed by atoms with Crippen molar-refractivity contribution in [2.75, 3.05) is 31.2 Å². The number of nitrogens with zero attached hydrogens (tertiary/aromatic N) is 5. The Morgan fingerprint density at radius 3 is 2.22 bits per heavy atom. The van der Waals surface area contributed by atoms with Gasteiger partial charge in [0.05, 0.1) is 24.9 Å². The molecule has 0 aliphatic carbocycles. The number of hydrogen-bond donors (Lipinski definition) is 1. The molecule has 1 aliphatic heterocycles. The molecule has 162 valence electrons. The van der Waals surface area contributed by atoms with Crippen LogP contribution < -0.4 is 10.2 Å². The number of ether oxygens (including phenoxy) is 1. The van der Waals surface area contributed by atoms with Crippen LogP contribution in [0, 0.1) is 0 Å². The quantitative estimate of drug-likeness (QED) is 0.489. The lowest BCUT2D eigenvalue weighted by Gasteiger charge is -2.29. The minimum Gasteiger partial charge on any atom is -0.378 e. The van der Waals surface area contributed by atoms with E-state index < -0.39 is 0 Å². The summed E-state index contributed by atoms with van der Waals surface area (Å²) in [4.78, 5) is 2.35. The first-order chi connectivity index (χ1) is 15.9. The van der Waals surface area contributed by atoms with Gasteiger partial charge in [0.25, 0.3) is 0 Å². The molecule has 0 bridgehead atoms. The van der Waals surface area contributed by atoms with Crippen molar-refractivity contribution < 1.29 is 4.74 Å². The molecular formula is C25H26N6O. The number of benzene rings is 3. The van der Waals surface area contributed by atoms with Crippen LogP contribution in [0.25, 0.3) is 5.69 Å². The highest BCUT2D eigenvalue weighted by Gasteiger charge is 2.22. The van der Waals surface area contributed by atoms with Crippen molar-refractivity contribution in [2.45, 2.75) is 12.6 Å². The van der Waals surface area contributed by atoms with Crippen LogP contribution in [0.2, 0.25) is 0 Å². The molecule has 5 rings (SSSR count). The summed E-state index contributed by atoms with van der Waals surface area (Å²) in [6.45, 7) is 4.09. The summed E-state index contributed by atoms with van der Waals surface area (Å²) < 4.78 is 7.29. The third-order valence-corrected chi connectivity index (χ3v) is 5.71. The molecule has 1 N–H and O–H groups in total. The largest absolute Gasteiger partial charge is 0.378 e. The molecule has 0 amide bonds. The zero-order valence-corrected chi connectivity index (χ0v) is 17.8. The molecule has 7 nitrogen and oxygen atoms in total. The Hall–Kier alpha value is -3.55. The van der Waals surface area contributed by atoms with Gasteiger partial charge in [0.2, 0.25) is 0 Å². The normalized spacial score (nSPS) is 14.9. The second-order valence-corrected chi connectivity index (χ2v) is 7.77. The van der Waals surface area contributed by atoms with E-state index in [0.29, 0.717) is 6.54 Å². The molecule has 1 aliphatic rings. The van der Waals surface area contributed by atoms with Crippen LogP contribution in [-0.2, 0) is 11.3 Å². The number of aromatic nitrogens is 4. The van der Waals surface area contributed by atoms with Crippen molar-refractivity contribution in [1.82, 2.24) is 25.5 Å².